The molecule has 0 heterocycles. The summed E-state index contributed by atoms with van der Waals surface area (Å²) < 4.78 is 0. The molecule has 5 nitrogen and oxygen atoms in total. The molecule has 0 unspecified atom stereocenters. The van der Waals surface area contributed by atoms with Crippen molar-refractivity contribution in [2.24, 2.45) is 5.73 Å². The van der Waals surface area contributed by atoms with Crippen molar-refractivity contribution in [3.05, 3.63) is 29.8 Å². The minimum atomic E-state index is 0.363. The predicted molar refractivity (Wildman–Crippen MR) is 83.8 cm³/mol. The molecule has 114 valence electrons. The van der Waals surface area contributed by atoms with E-state index in [-0.39, 0.29) is 0 Å². The second kappa shape index (κ2) is 11.7. The average molecular weight is 280 g/mol. The highest BCUT2D eigenvalue weighted by Gasteiger charge is 1.97. The SMILES string of the molecule is NCCCNCCNCCCNCc1ccccc1O. The molecule has 0 bridgehead atoms. The number of phenolic OH excluding ortho intramolecular Hbond substituents is 1. The minimum Gasteiger partial charge on any atom is -0.508 e. The van der Waals surface area contributed by atoms with Crippen LogP contribution in [0.5, 0.6) is 5.75 Å². The zero-order chi connectivity index (χ0) is 14.5. The molecular formula is C15H28N4O. The number of aromatic hydroxyl groups is 1. The van der Waals surface area contributed by atoms with E-state index in [9.17, 15) is 5.11 Å². The van der Waals surface area contributed by atoms with Crippen LogP contribution in [0.1, 0.15) is 18.4 Å². The van der Waals surface area contributed by atoms with Crippen LogP contribution in [0, 0.1) is 0 Å². The number of hydrogen-bond acceptors (Lipinski definition) is 5. The van der Waals surface area contributed by atoms with Gasteiger partial charge in [0.15, 0.2) is 0 Å². The lowest BCUT2D eigenvalue weighted by atomic mass is 10.2. The quantitative estimate of drug-likeness (QED) is 0.358. The van der Waals surface area contributed by atoms with Gasteiger partial charge in [-0.3, -0.25) is 0 Å². The van der Waals surface area contributed by atoms with Crippen molar-refractivity contribution in [1.82, 2.24) is 16.0 Å². The van der Waals surface area contributed by atoms with E-state index < -0.39 is 0 Å². The van der Waals surface area contributed by atoms with Crippen LogP contribution in [0.25, 0.3) is 0 Å². The van der Waals surface area contributed by atoms with E-state index >= 15 is 0 Å². The molecular weight excluding hydrogens is 252 g/mol. The largest absolute Gasteiger partial charge is 0.508 e. The Morgan fingerprint density at radius 1 is 0.850 bits per heavy atom. The first kappa shape index (κ1) is 16.9. The number of rotatable bonds is 12. The number of phenols is 1. The van der Waals surface area contributed by atoms with Gasteiger partial charge in [-0.25, -0.2) is 0 Å². The summed E-state index contributed by atoms with van der Waals surface area (Å²) in [5, 5.41) is 19.7. The molecule has 1 aromatic carbocycles. The van der Waals surface area contributed by atoms with Crippen molar-refractivity contribution in [2.45, 2.75) is 19.4 Å². The van der Waals surface area contributed by atoms with Crippen LogP contribution >= 0.6 is 0 Å². The third kappa shape index (κ3) is 8.12. The molecule has 0 aliphatic carbocycles. The third-order valence-corrected chi connectivity index (χ3v) is 3.05. The molecule has 1 aromatic rings. The van der Waals surface area contributed by atoms with Gasteiger partial charge in [0.05, 0.1) is 0 Å². The maximum Gasteiger partial charge on any atom is 0.120 e. The van der Waals surface area contributed by atoms with Crippen LogP contribution < -0.4 is 21.7 Å². The molecule has 0 saturated heterocycles. The van der Waals surface area contributed by atoms with Crippen molar-refractivity contribution >= 4 is 0 Å². The highest BCUT2D eigenvalue weighted by molar-refractivity contribution is 5.31. The molecule has 1 rings (SSSR count). The Balaban J connectivity index is 1.87. The fourth-order valence-electron chi connectivity index (χ4n) is 1.88. The lowest BCUT2D eigenvalue weighted by molar-refractivity contribution is 0.464. The summed E-state index contributed by atoms with van der Waals surface area (Å²) >= 11 is 0. The molecule has 0 aliphatic heterocycles. The zero-order valence-corrected chi connectivity index (χ0v) is 12.2. The van der Waals surface area contributed by atoms with Gasteiger partial charge in [-0.1, -0.05) is 18.2 Å². The Morgan fingerprint density at radius 3 is 2.20 bits per heavy atom. The van der Waals surface area contributed by atoms with Gasteiger partial charge >= 0.3 is 0 Å². The highest BCUT2D eigenvalue weighted by Crippen LogP contribution is 2.14. The molecule has 0 aliphatic rings. The summed E-state index contributed by atoms with van der Waals surface area (Å²) in [7, 11) is 0. The van der Waals surface area contributed by atoms with Crippen LogP contribution in [0.3, 0.4) is 0 Å². The maximum atomic E-state index is 9.60. The Morgan fingerprint density at radius 2 is 1.50 bits per heavy atom. The van der Waals surface area contributed by atoms with Crippen molar-refractivity contribution < 1.29 is 5.11 Å². The van der Waals surface area contributed by atoms with Crippen molar-refractivity contribution in [2.75, 3.05) is 39.3 Å². The van der Waals surface area contributed by atoms with Crippen molar-refractivity contribution in [3.8, 4) is 5.75 Å². The summed E-state index contributed by atoms with van der Waals surface area (Å²) in [6, 6.07) is 7.43. The van der Waals surface area contributed by atoms with Gasteiger partial charge in [0.1, 0.15) is 5.75 Å². The lowest BCUT2D eigenvalue weighted by Gasteiger charge is -2.08. The van der Waals surface area contributed by atoms with E-state index in [2.05, 4.69) is 16.0 Å². The fraction of sp³-hybridized carbons (Fsp3) is 0.600. The normalized spacial score (nSPS) is 10.8. The summed E-state index contributed by atoms with van der Waals surface area (Å²) in [4.78, 5) is 0. The first-order valence-corrected chi connectivity index (χ1v) is 7.43. The van der Waals surface area contributed by atoms with E-state index in [1.54, 1.807) is 6.07 Å². The topological polar surface area (TPSA) is 82.3 Å². The molecule has 0 atom stereocenters. The molecule has 0 amide bonds. The number of hydrogen-bond donors (Lipinski definition) is 5. The molecule has 0 aromatic heterocycles. The number of nitrogens with one attached hydrogen (secondary N) is 3. The number of nitrogens with two attached hydrogens (primary N) is 1. The second-order valence-electron chi connectivity index (χ2n) is 4.80. The number of benzene rings is 1. The van der Waals surface area contributed by atoms with E-state index in [0.717, 1.165) is 57.7 Å². The molecule has 0 spiro atoms. The lowest BCUT2D eigenvalue weighted by Crippen LogP contribution is -2.30. The Bertz CT molecular complexity index is 346. The molecule has 0 fully saturated rings. The standard InChI is InChI=1S/C15H28N4O/c16-7-3-8-17-11-12-18-9-4-10-19-13-14-5-1-2-6-15(14)20/h1-2,5-6,17-20H,3-4,7-13,16H2. The Kier molecular flexibility index (Phi) is 9.87. The summed E-state index contributed by atoms with van der Waals surface area (Å²) in [5.41, 5.74) is 6.36. The second-order valence-corrected chi connectivity index (χ2v) is 4.80. The smallest absolute Gasteiger partial charge is 0.120 e. The van der Waals surface area contributed by atoms with E-state index in [1.165, 1.54) is 0 Å². The third-order valence-electron chi connectivity index (χ3n) is 3.05. The number of para-hydroxylation sites is 1. The molecule has 0 radical (unpaired) electrons. The summed E-state index contributed by atoms with van der Waals surface area (Å²) in [6.45, 7) is 6.40. The van der Waals surface area contributed by atoms with Gasteiger partial charge in [-0.2, -0.15) is 0 Å². The van der Waals surface area contributed by atoms with E-state index in [4.69, 9.17) is 5.73 Å². The maximum absolute atomic E-state index is 9.60. The van der Waals surface area contributed by atoms with Gasteiger partial charge in [-0.05, 0) is 45.1 Å². The molecule has 0 saturated carbocycles. The van der Waals surface area contributed by atoms with E-state index in [0.29, 0.717) is 12.3 Å². The van der Waals surface area contributed by atoms with Crippen LogP contribution in [-0.2, 0) is 6.54 Å². The highest BCUT2D eigenvalue weighted by atomic mass is 16.3. The molecule has 20 heavy (non-hydrogen) atoms. The van der Waals surface area contributed by atoms with Gasteiger partial charge < -0.3 is 26.8 Å². The summed E-state index contributed by atoms with van der Waals surface area (Å²) in [6.07, 6.45) is 2.12. The van der Waals surface area contributed by atoms with Crippen LogP contribution in [0.15, 0.2) is 24.3 Å². The molecule has 6 N–H and O–H groups in total. The first-order chi connectivity index (χ1) is 9.84. The predicted octanol–water partition coefficient (Wildman–Crippen LogP) is 0.400. The Labute approximate surface area is 121 Å². The van der Waals surface area contributed by atoms with Crippen LogP contribution in [0.2, 0.25) is 0 Å². The van der Waals surface area contributed by atoms with Crippen LogP contribution in [0.4, 0.5) is 0 Å². The van der Waals surface area contributed by atoms with Gasteiger partial charge in [0, 0.05) is 25.2 Å². The summed E-state index contributed by atoms with van der Waals surface area (Å²) in [5.74, 6) is 0.363. The molecule has 5 heteroatoms. The fourth-order valence-corrected chi connectivity index (χ4v) is 1.88. The average Bonchev–Trinajstić information content (AvgIpc) is 2.46. The van der Waals surface area contributed by atoms with Gasteiger partial charge in [0.25, 0.3) is 0 Å². The van der Waals surface area contributed by atoms with Gasteiger partial charge in [-0.15, -0.1) is 0 Å². The Hall–Kier alpha value is -1.14. The van der Waals surface area contributed by atoms with Crippen molar-refractivity contribution in [1.29, 1.82) is 0 Å². The van der Waals surface area contributed by atoms with Crippen molar-refractivity contribution in [3.63, 3.8) is 0 Å². The zero-order valence-electron chi connectivity index (χ0n) is 12.2. The minimum absolute atomic E-state index is 0.363. The first-order valence-electron chi connectivity index (χ1n) is 7.43. The monoisotopic (exact) mass is 280 g/mol. The van der Waals surface area contributed by atoms with Crippen LogP contribution in [-0.4, -0.2) is 44.4 Å². The van der Waals surface area contributed by atoms with Gasteiger partial charge in [0.2, 0.25) is 0 Å². The van der Waals surface area contributed by atoms with E-state index in [1.807, 2.05) is 18.2 Å².